The molecule has 29 heavy (non-hydrogen) atoms. The van der Waals surface area contributed by atoms with Gasteiger partial charge in [0.15, 0.2) is 0 Å². The van der Waals surface area contributed by atoms with Crippen LogP contribution < -0.4 is 5.32 Å². The lowest BCUT2D eigenvalue weighted by molar-refractivity contribution is 0.0865. The molecule has 1 aromatic carbocycles. The van der Waals surface area contributed by atoms with Gasteiger partial charge in [0.05, 0.1) is 5.56 Å². The van der Waals surface area contributed by atoms with Crippen LogP contribution in [0, 0.1) is 11.9 Å². The second-order valence-corrected chi connectivity index (χ2v) is 6.78. The molecule has 0 spiro atoms. The molecule has 0 unspecified atom stereocenters. The maximum Gasteiger partial charge on any atom is 0.322 e. The lowest BCUT2D eigenvalue weighted by atomic mass is 10.1. The average Bonchev–Trinajstić information content (AvgIpc) is 2.66. The molecular weight excluding hydrogens is 410 g/mol. The Hall–Kier alpha value is -3.00. The Morgan fingerprint density at radius 2 is 1.66 bits per heavy atom. The van der Waals surface area contributed by atoms with Gasteiger partial charge in [-0.25, -0.2) is 0 Å². The first-order valence-electron chi connectivity index (χ1n) is 8.45. The number of hydrogen-bond acceptors (Lipinski definition) is 3. The number of amides is 1. The number of nitrogens with one attached hydrogen (secondary N) is 1. The zero-order chi connectivity index (χ0) is 21.0. The molecule has 0 fully saturated rings. The molecule has 9 heteroatoms. The van der Waals surface area contributed by atoms with Gasteiger partial charge in [-0.1, -0.05) is 12.1 Å². The van der Waals surface area contributed by atoms with E-state index in [1.165, 1.54) is 18.5 Å². The molecule has 3 aromatic rings. The summed E-state index contributed by atoms with van der Waals surface area (Å²) in [5.41, 5.74) is 1.80. The first kappa shape index (κ1) is 20.7. The number of anilines is 1. The van der Waals surface area contributed by atoms with Crippen LogP contribution >= 0.6 is 11.6 Å². The zero-order valence-electron chi connectivity index (χ0n) is 14.8. The van der Waals surface area contributed by atoms with Gasteiger partial charge in [-0.3, -0.25) is 9.78 Å². The van der Waals surface area contributed by atoms with E-state index in [2.05, 4.69) is 15.3 Å². The van der Waals surface area contributed by atoms with E-state index in [1.807, 2.05) is 0 Å². The Labute approximate surface area is 168 Å². The van der Waals surface area contributed by atoms with Crippen LogP contribution in [0.5, 0.6) is 0 Å². The van der Waals surface area contributed by atoms with Crippen molar-refractivity contribution in [2.75, 3.05) is 5.32 Å². The van der Waals surface area contributed by atoms with E-state index >= 15 is 0 Å². The minimum atomic E-state index is -3.26. The second-order valence-electron chi connectivity index (χ2n) is 6.23. The minimum absolute atomic E-state index is 0.0930. The van der Waals surface area contributed by atoms with E-state index < -0.39 is 29.6 Å². The van der Waals surface area contributed by atoms with Crippen molar-refractivity contribution in [3.63, 3.8) is 0 Å². The number of aromatic nitrogens is 2. The molecule has 1 amide bonds. The summed E-state index contributed by atoms with van der Waals surface area (Å²) in [5.74, 6) is -2.46. The number of carbonyl (C=O) groups excluding carboxylic acids is 1. The number of halogens is 5. The molecule has 0 radical (unpaired) electrons. The van der Waals surface area contributed by atoms with Crippen LogP contribution in [-0.2, 0) is 6.42 Å². The van der Waals surface area contributed by atoms with E-state index in [0.29, 0.717) is 16.8 Å². The third-order valence-electron chi connectivity index (χ3n) is 4.01. The van der Waals surface area contributed by atoms with E-state index in [9.17, 15) is 22.4 Å². The van der Waals surface area contributed by atoms with Gasteiger partial charge in [-0.05, 0) is 47.3 Å². The monoisotopic (exact) mass is 423 g/mol. The van der Waals surface area contributed by atoms with Crippen LogP contribution in [0.25, 0.3) is 11.1 Å². The highest BCUT2D eigenvalue weighted by atomic mass is 35.5. The van der Waals surface area contributed by atoms with Crippen LogP contribution in [-0.4, -0.2) is 21.3 Å². The Morgan fingerprint density at radius 3 is 2.28 bits per heavy atom. The van der Waals surface area contributed by atoms with Crippen molar-refractivity contribution in [2.24, 2.45) is 0 Å². The highest BCUT2D eigenvalue weighted by molar-refractivity contribution is 6.21. The number of aryl methyl sites for hydroxylation is 1. The van der Waals surface area contributed by atoms with Crippen molar-refractivity contribution >= 4 is 23.2 Å². The molecule has 4 nitrogen and oxygen atoms in total. The maximum atomic E-state index is 13.3. The van der Waals surface area contributed by atoms with Crippen molar-refractivity contribution in [3.8, 4) is 11.1 Å². The molecule has 0 atom stereocenters. The fraction of sp³-hybridized carbons (Fsp3) is 0.150. The van der Waals surface area contributed by atoms with Gasteiger partial charge in [-0.2, -0.15) is 22.5 Å². The van der Waals surface area contributed by atoms with Gasteiger partial charge in [0.2, 0.25) is 11.9 Å². The predicted octanol–water partition coefficient (Wildman–Crippen LogP) is 5.44. The van der Waals surface area contributed by atoms with E-state index in [4.69, 9.17) is 11.6 Å². The molecule has 0 aliphatic carbocycles. The molecule has 2 aromatic heterocycles. The van der Waals surface area contributed by atoms with Crippen LogP contribution in [0.15, 0.2) is 54.9 Å². The van der Waals surface area contributed by atoms with Crippen LogP contribution in [0.1, 0.15) is 22.3 Å². The summed E-state index contributed by atoms with van der Waals surface area (Å²) in [7, 11) is 0. The van der Waals surface area contributed by atoms with E-state index in [1.54, 1.807) is 24.3 Å². The number of alkyl halides is 3. The molecule has 2 heterocycles. The van der Waals surface area contributed by atoms with Crippen molar-refractivity contribution in [1.82, 2.24) is 9.97 Å². The zero-order valence-corrected chi connectivity index (χ0v) is 15.6. The predicted molar refractivity (Wildman–Crippen MR) is 101 cm³/mol. The number of nitrogens with zero attached hydrogens (tertiary/aromatic N) is 2. The van der Waals surface area contributed by atoms with Crippen LogP contribution in [0.3, 0.4) is 0 Å². The smallest absolute Gasteiger partial charge is 0.322 e. The second kappa shape index (κ2) is 8.57. The quantitative estimate of drug-likeness (QED) is 0.326. The summed E-state index contributed by atoms with van der Waals surface area (Å²) in [4.78, 5) is 19.4. The van der Waals surface area contributed by atoms with Crippen molar-refractivity contribution in [2.45, 2.75) is 18.2 Å². The van der Waals surface area contributed by atoms with Gasteiger partial charge in [0.25, 0.3) is 5.91 Å². The molecule has 0 bridgehead atoms. The lowest BCUT2D eigenvalue weighted by Crippen LogP contribution is -2.12. The topological polar surface area (TPSA) is 54.9 Å². The molecule has 0 saturated heterocycles. The van der Waals surface area contributed by atoms with Gasteiger partial charge >= 0.3 is 5.38 Å². The third-order valence-corrected chi connectivity index (χ3v) is 4.19. The SMILES string of the molecule is O=C(Nc1ccc(CCC(F)(F)Cl)cc1)c1cncc(-c2cc(F)nc(F)c2)c1. The van der Waals surface area contributed by atoms with Crippen molar-refractivity contribution in [3.05, 3.63) is 77.9 Å². The Kier molecular flexibility index (Phi) is 6.12. The highest BCUT2D eigenvalue weighted by Crippen LogP contribution is 2.26. The van der Waals surface area contributed by atoms with E-state index in [-0.39, 0.29) is 17.5 Å². The Balaban J connectivity index is 1.71. The molecule has 150 valence electrons. The number of benzene rings is 1. The maximum absolute atomic E-state index is 13.3. The minimum Gasteiger partial charge on any atom is -0.322 e. The number of hydrogen-bond donors (Lipinski definition) is 1. The molecule has 0 aliphatic heterocycles. The number of carbonyl (C=O) groups is 1. The fourth-order valence-electron chi connectivity index (χ4n) is 2.60. The molecule has 0 aliphatic rings. The summed E-state index contributed by atoms with van der Waals surface area (Å²) >= 11 is 4.88. The fourth-order valence-corrected chi connectivity index (χ4v) is 2.69. The summed E-state index contributed by atoms with van der Waals surface area (Å²) in [6.07, 6.45) is 2.28. The summed E-state index contributed by atoms with van der Waals surface area (Å²) < 4.78 is 52.0. The largest absolute Gasteiger partial charge is 0.322 e. The van der Waals surface area contributed by atoms with Gasteiger partial charge in [-0.15, -0.1) is 0 Å². The Morgan fingerprint density at radius 1 is 1.00 bits per heavy atom. The lowest BCUT2D eigenvalue weighted by Gasteiger charge is -2.09. The van der Waals surface area contributed by atoms with Crippen molar-refractivity contribution in [1.29, 1.82) is 0 Å². The first-order chi connectivity index (χ1) is 13.7. The number of pyridine rings is 2. The van der Waals surface area contributed by atoms with Gasteiger partial charge in [0.1, 0.15) is 0 Å². The standard InChI is InChI=1S/C20H14ClF4N3O/c21-20(24,25)6-5-12-1-3-16(4-2-12)27-19(29)15-7-14(10-26-11-15)13-8-17(22)28-18(23)9-13/h1-4,7-11H,5-6H2,(H,27,29). The van der Waals surface area contributed by atoms with E-state index in [0.717, 1.165) is 12.1 Å². The highest BCUT2D eigenvalue weighted by Gasteiger charge is 2.23. The van der Waals surface area contributed by atoms with Gasteiger partial charge in [0, 0.05) is 42.2 Å². The van der Waals surface area contributed by atoms with Gasteiger partial charge < -0.3 is 5.32 Å². The molecule has 1 N–H and O–H groups in total. The number of rotatable bonds is 6. The summed E-state index contributed by atoms with van der Waals surface area (Å²) in [6, 6.07) is 9.86. The average molecular weight is 424 g/mol. The van der Waals surface area contributed by atoms with Crippen LogP contribution in [0.4, 0.5) is 23.2 Å². The molecule has 0 saturated carbocycles. The summed E-state index contributed by atoms with van der Waals surface area (Å²) in [6.45, 7) is 0. The molecular formula is C20H14ClF4N3O. The Bertz CT molecular complexity index is 1000. The van der Waals surface area contributed by atoms with Crippen molar-refractivity contribution < 1.29 is 22.4 Å². The third kappa shape index (κ3) is 5.99. The van der Waals surface area contributed by atoms with Crippen LogP contribution in [0.2, 0.25) is 0 Å². The summed E-state index contributed by atoms with van der Waals surface area (Å²) in [5, 5.41) is -0.613. The first-order valence-corrected chi connectivity index (χ1v) is 8.83. The normalized spacial score (nSPS) is 11.3. The molecule has 3 rings (SSSR count).